The van der Waals surface area contributed by atoms with E-state index < -0.39 is 0 Å². The first-order valence-corrected chi connectivity index (χ1v) is 9.49. The molecule has 0 unspecified atom stereocenters. The number of aromatic nitrogens is 1. The van der Waals surface area contributed by atoms with Crippen molar-refractivity contribution in [2.24, 2.45) is 5.10 Å². The fraction of sp³-hybridized carbons (Fsp3) is 0.250. The van der Waals surface area contributed by atoms with Crippen LogP contribution >= 0.6 is 0 Å². The molecule has 3 rings (SSSR count). The molecule has 28 heavy (non-hydrogen) atoms. The van der Waals surface area contributed by atoms with Gasteiger partial charge in [-0.25, -0.2) is 5.43 Å². The van der Waals surface area contributed by atoms with Crippen molar-refractivity contribution < 1.29 is 4.79 Å². The average Bonchev–Trinajstić information content (AvgIpc) is 2.92. The summed E-state index contributed by atoms with van der Waals surface area (Å²) >= 11 is 0. The number of rotatable bonds is 5. The summed E-state index contributed by atoms with van der Waals surface area (Å²) < 4.78 is 2.19. The third-order valence-electron chi connectivity index (χ3n) is 5.00. The lowest BCUT2D eigenvalue weighted by molar-refractivity contribution is -0.120. The molecule has 3 aromatic rings. The Bertz CT molecular complexity index is 1030. The van der Waals surface area contributed by atoms with Crippen molar-refractivity contribution in [1.82, 2.24) is 9.99 Å². The summed E-state index contributed by atoms with van der Waals surface area (Å²) in [6.07, 6.45) is 2.04. The smallest absolute Gasteiger partial charge is 0.244 e. The summed E-state index contributed by atoms with van der Waals surface area (Å²) in [5.74, 6) is -0.115. The topological polar surface area (TPSA) is 46.4 Å². The quantitative estimate of drug-likeness (QED) is 0.511. The molecule has 144 valence electrons. The Morgan fingerprint density at radius 1 is 0.964 bits per heavy atom. The number of hydrogen-bond donors (Lipinski definition) is 1. The van der Waals surface area contributed by atoms with Crippen molar-refractivity contribution in [3.63, 3.8) is 0 Å². The van der Waals surface area contributed by atoms with E-state index >= 15 is 0 Å². The Hall–Kier alpha value is -3.14. The zero-order valence-corrected chi connectivity index (χ0v) is 17.2. The van der Waals surface area contributed by atoms with E-state index in [-0.39, 0.29) is 5.91 Å². The molecule has 0 aliphatic carbocycles. The fourth-order valence-corrected chi connectivity index (χ4v) is 3.44. The lowest BCUT2D eigenvalue weighted by Crippen LogP contribution is -2.20. The van der Waals surface area contributed by atoms with Crippen LogP contribution in [0.4, 0.5) is 0 Å². The molecule has 0 saturated carbocycles. The van der Waals surface area contributed by atoms with Gasteiger partial charge in [0.25, 0.3) is 0 Å². The normalized spacial score (nSPS) is 11.2. The minimum absolute atomic E-state index is 0.115. The molecule has 0 atom stereocenters. The van der Waals surface area contributed by atoms with Gasteiger partial charge in [0.05, 0.1) is 12.6 Å². The van der Waals surface area contributed by atoms with E-state index in [9.17, 15) is 4.79 Å². The van der Waals surface area contributed by atoms with Crippen LogP contribution in [0.3, 0.4) is 0 Å². The number of carbonyl (C=O) groups excluding carboxylic acids is 1. The highest BCUT2D eigenvalue weighted by Crippen LogP contribution is 2.20. The summed E-state index contributed by atoms with van der Waals surface area (Å²) in [7, 11) is 0. The van der Waals surface area contributed by atoms with Gasteiger partial charge in [-0.2, -0.15) is 5.10 Å². The number of nitrogens with zero attached hydrogens (tertiary/aromatic N) is 2. The summed E-state index contributed by atoms with van der Waals surface area (Å²) in [6, 6.07) is 16.6. The summed E-state index contributed by atoms with van der Waals surface area (Å²) in [6.45, 7) is 10.3. The molecule has 1 amide bonds. The van der Waals surface area contributed by atoms with Gasteiger partial charge >= 0.3 is 0 Å². The Morgan fingerprint density at radius 2 is 1.64 bits per heavy atom. The van der Waals surface area contributed by atoms with E-state index in [4.69, 9.17) is 0 Å². The summed E-state index contributed by atoms with van der Waals surface area (Å²) in [5.41, 5.74) is 11.6. The molecular formula is C24H27N3O. The number of benzene rings is 2. The molecule has 1 aromatic heterocycles. The highest BCUT2D eigenvalue weighted by molar-refractivity contribution is 5.85. The molecule has 0 radical (unpaired) electrons. The second kappa shape index (κ2) is 8.26. The predicted octanol–water partition coefficient (Wildman–Crippen LogP) is 4.71. The van der Waals surface area contributed by atoms with Crippen LogP contribution in [0.1, 0.15) is 39.2 Å². The maximum atomic E-state index is 12.2. The molecule has 4 heteroatoms. The van der Waals surface area contributed by atoms with Gasteiger partial charge in [0.1, 0.15) is 0 Å². The number of nitrogens with one attached hydrogen (secondary N) is 1. The molecular weight excluding hydrogens is 346 g/mol. The van der Waals surface area contributed by atoms with Gasteiger partial charge in [0.2, 0.25) is 5.91 Å². The molecule has 0 bridgehead atoms. The Balaban J connectivity index is 1.70. The first kappa shape index (κ1) is 19.6. The molecule has 0 saturated heterocycles. The maximum absolute atomic E-state index is 12.2. The van der Waals surface area contributed by atoms with Crippen LogP contribution in [0.15, 0.2) is 53.6 Å². The highest BCUT2D eigenvalue weighted by Gasteiger charge is 2.10. The van der Waals surface area contributed by atoms with Crippen molar-refractivity contribution in [3.8, 4) is 5.69 Å². The standard InChI is InChI=1S/C24H27N3O/c1-16-7-10-23(11-8-16)27-19(4)13-22(20(27)5)15-25-26-24(28)14-21-9-6-17(2)12-18(21)3/h6-13,15H,14H2,1-5H3,(H,26,28)/b25-15+. The molecule has 1 heterocycles. The Labute approximate surface area is 166 Å². The first-order valence-electron chi connectivity index (χ1n) is 9.49. The number of amides is 1. The van der Waals surface area contributed by atoms with E-state index in [1.165, 1.54) is 11.1 Å². The molecule has 0 aliphatic rings. The second-order valence-electron chi connectivity index (χ2n) is 7.40. The van der Waals surface area contributed by atoms with Crippen LogP contribution in [0, 0.1) is 34.6 Å². The lowest BCUT2D eigenvalue weighted by atomic mass is 10.0. The lowest BCUT2D eigenvalue weighted by Gasteiger charge is -2.09. The van der Waals surface area contributed by atoms with Crippen molar-refractivity contribution >= 4 is 12.1 Å². The van der Waals surface area contributed by atoms with Gasteiger partial charge in [0.15, 0.2) is 0 Å². The van der Waals surface area contributed by atoms with E-state index in [1.807, 2.05) is 26.0 Å². The maximum Gasteiger partial charge on any atom is 0.244 e. The molecule has 0 aliphatic heterocycles. The minimum atomic E-state index is -0.115. The van der Waals surface area contributed by atoms with Gasteiger partial charge in [0, 0.05) is 22.6 Å². The van der Waals surface area contributed by atoms with Gasteiger partial charge in [-0.1, -0.05) is 41.5 Å². The van der Waals surface area contributed by atoms with Crippen LogP contribution < -0.4 is 5.43 Å². The number of carbonyl (C=O) groups is 1. The van der Waals surface area contributed by atoms with Crippen LogP contribution in [0.5, 0.6) is 0 Å². The summed E-state index contributed by atoms with van der Waals surface area (Å²) in [5, 5.41) is 4.17. The van der Waals surface area contributed by atoms with E-state index in [0.717, 1.165) is 33.8 Å². The van der Waals surface area contributed by atoms with E-state index in [2.05, 4.69) is 72.3 Å². The van der Waals surface area contributed by atoms with Crippen molar-refractivity contribution in [2.75, 3.05) is 0 Å². The molecule has 0 fully saturated rings. The van der Waals surface area contributed by atoms with Crippen molar-refractivity contribution in [3.05, 3.63) is 87.7 Å². The van der Waals surface area contributed by atoms with Crippen molar-refractivity contribution in [1.29, 1.82) is 0 Å². The SMILES string of the molecule is Cc1ccc(-n2c(C)cc(/C=N/NC(=O)Cc3ccc(C)cc3C)c2C)cc1. The van der Waals surface area contributed by atoms with Crippen molar-refractivity contribution in [2.45, 2.75) is 41.0 Å². The average molecular weight is 374 g/mol. The largest absolute Gasteiger partial charge is 0.318 e. The fourth-order valence-electron chi connectivity index (χ4n) is 3.44. The van der Waals surface area contributed by atoms with Crippen LogP contribution in [-0.2, 0) is 11.2 Å². The van der Waals surface area contributed by atoms with E-state index in [1.54, 1.807) is 6.21 Å². The van der Waals surface area contributed by atoms with Gasteiger partial charge < -0.3 is 4.57 Å². The number of aryl methyl sites for hydroxylation is 4. The van der Waals surface area contributed by atoms with Gasteiger partial charge in [-0.05, 0) is 63.9 Å². The zero-order valence-electron chi connectivity index (χ0n) is 17.2. The molecule has 2 aromatic carbocycles. The number of hydrazone groups is 1. The van der Waals surface area contributed by atoms with Crippen LogP contribution in [-0.4, -0.2) is 16.7 Å². The Kier molecular flexibility index (Phi) is 5.78. The molecule has 1 N–H and O–H groups in total. The zero-order chi connectivity index (χ0) is 20.3. The van der Waals surface area contributed by atoms with Gasteiger partial charge in [-0.3, -0.25) is 4.79 Å². The predicted molar refractivity (Wildman–Crippen MR) is 115 cm³/mol. The first-order chi connectivity index (χ1) is 13.3. The van der Waals surface area contributed by atoms with Crippen LogP contribution in [0.25, 0.3) is 5.69 Å². The monoisotopic (exact) mass is 373 g/mol. The highest BCUT2D eigenvalue weighted by atomic mass is 16.2. The third-order valence-corrected chi connectivity index (χ3v) is 5.00. The van der Waals surface area contributed by atoms with Gasteiger partial charge in [-0.15, -0.1) is 0 Å². The Morgan fingerprint density at radius 3 is 2.32 bits per heavy atom. The van der Waals surface area contributed by atoms with E-state index in [0.29, 0.717) is 6.42 Å². The van der Waals surface area contributed by atoms with Crippen LogP contribution in [0.2, 0.25) is 0 Å². The molecule has 4 nitrogen and oxygen atoms in total. The molecule has 0 spiro atoms. The minimum Gasteiger partial charge on any atom is -0.318 e. The summed E-state index contributed by atoms with van der Waals surface area (Å²) in [4.78, 5) is 12.2. The number of hydrogen-bond acceptors (Lipinski definition) is 2. The third kappa shape index (κ3) is 4.39. The second-order valence-corrected chi connectivity index (χ2v) is 7.40.